The molecule has 2 amide bonds. The third-order valence-electron chi connectivity index (χ3n) is 5.52. The van der Waals surface area contributed by atoms with Gasteiger partial charge in [-0.15, -0.1) is 0 Å². The summed E-state index contributed by atoms with van der Waals surface area (Å²) in [5.41, 5.74) is 0.906. The van der Waals surface area contributed by atoms with Crippen molar-refractivity contribution in [2.75, 3.05) is 26.3 Å². The first-order valence-corrected chi connectivity index (χ1v) is 11.1. The molecule has 174 valence electrons. The van der Waals surface area contributed by atoms with Crippen LogP contribution in [0.5, 0.6) is 23.0 Å². The van der Waals surface area contributed by atoms with E-state index in [1.165, 1.54) is 0 Å². The molecular formula is C26H24N2O6. The Bertz CT molecular complexity index is 1090. The number of ether oxygens (including phenoxy) is 4. The minimum atomic E-state index is -0.276. The van der Waals surface area contributed by atoms with Crippen LogP contribution in [0.2, 0.25) is 0 Å². The number of carbonyl (C=O) groups excluding carboxylic acids is 2. The summed E-state index contributed by atoms with van der Waals surface area (Å²) in [7, 11) is 0. The summed E-state index contributed by atoms with van der Waals surface area (Å²) >= 11 is 0. The normalized spacial score (nSPS) is 18.0. The van der Waals surface area contributed by atoms with Crippen LogP contribution in [-0.4, -0.2) is 50.3 Å². The molecule has 0 saturated carbocycles. The van der Waals surface area contributed by atoms with Gasteiger partial charge in [-0.25, -0.2) is 0 Å². The average Bonchev–Trinajstić information content (AvgIpc) is 2.90. The quantitative estimate of drug-likeness (QED) is 0.588. The zero-order valence-corrected chi connectivity index (χ0v) is 18.4. The first-order valence-electron chi connectivity index (χ1n) is 11.1. The SMILES string of the molecule is O=C(NC[C@@H]1COc2ccccc2O1)c1ccc(C(=O)NC[C@H]2COc3ccccc3O2)cc1. The maximum Gasteiger partial charge on any atom is 0.251 e. The van der Waals surface area contributed by atoms with E-state index in [0.717, 1.165) is 0 Å². The summed E-state index contributed by atoms with van der Waals surface area (Å²) in [6.07, 6.45) is -0.552. The number of hydrogen-bond acceptors (Lipinski definition) is 6. The third kappa shape index (κ3) is 4.91. The van der Waals surface area contributed by atoms with Gasteiger partial charge in [0, 0.05) is 11.1 Å². The highest BCUT2D eigenvalue weighted by atomic mass is 16.6. The molecule has 5 rings (SSSR count). The van der Waals surface area contributed by atoms with Gasteiger partial charge in [0.25, 0.3) is 11.8 Å². The maximum absolute atomic E-state index is 12.5. The Balaban J connectivity index is 1.09. The molecule has 8 heteroatoms. The van der Waals surface area contributed by atoms with Gasteiger partial charge in [-0.1, -0.05) is 24.3 Å². The number of nitrogens with one attached hydrogen (secondary N) is 2. The van der Waals surface area contributed by atoms with Crippen LogP contribution in [0.4, 0.5) is 0 Å². The van der Waals surface area contributed by atoms with E-state index in [9.17, 15) is 9.59 Å². The fraction of sp³-hybridized carbons (Fsp3) is 0.231. The van der Waals surface area contributed by atoms with E-state index in [-0.39, 0.29) is 24.0 Å². The summed E-state index contributed by atoms with van der Waals surface area (Å²) in [5, 5.41) is 5.70. The predicted octanol–water partition coefficient (Wildman–Crippen LogP) is 2.83. The van der Waals surface area contributed by atoms with Crippen molar-refractivity contribution < 1.29 is 28.5 Å². The van der Waals surface area contributed by atoms with Crippen molar-refractivity contribution in [2.24, 2.45) is 0 Å². The number of hydrogen-bond donors (Lipinski definition) is 2. The summed E-state index contributed by atoms with van der Waals surface area (Å²) in [5.74, 6) is 2.23. The Morgan fingerprint density at radius 2 is 1.00 bits per heavy atom. The van der Waals surface area contributed by atoms with Gasteiger partial charge in [0.05, 0.1) is 13.1 Å². The smallest absolute Gasteiger partial charge is 0.251 e. The van der Waals surface area contributed by atoms with Crippen molar-refractivity contribution in [2.45, 2.75) is 12.2 Å². The molecule has 3 aromatic carbocycles. The molecule has 8 nitrogen and oxygen atoms in total. The number of benzene rings is 3. The van der Waals surface area contributed by atoms with Crippen LogP contribution in [0.1, 0.15) is 20.7 Å². The van der Waals surface area contributed by atoms with Crippen LogP contribution in [0.3, 0.4) is 0 Å². The van der Waals surface area contributed by atoms with Gasteiger partial charge < -0.3 is 29.6 Å². The van der Waals surface area contributed by atoms with Gasteiger partial charge in [0.2, 0.25) is 0 Å². The van der Waals surface area contributed by atoms with E-state index < -0.39 is 0 Å². The fourth-order valence-electron chi connectivity index (χ4n) is 3.72. The zero-order valence-electron chi connectivity index (χ0n) is 18.4. The summed E-state index contributed by atoms with van der Waals surface area (Å²) < 4.78 is 23.0. The number of para-hydroxylation sites is 4. The Hall–Kier alpha value is -4.20. The van der Waals surface area contributed by atoms with E-state index in [1.807, 2.05) is 48.5 Å². The fourth-order valence-corrected chi connectivity index (χ4v) is 3.72. The molecule has 0 aliphatic carbocycles. The Labute approximate surface area is 196 Å². The lowest BCUT2D eigenvalue weighted by atomic mass is 10.1. The van der Waals surface area contributed by atoms with Gasteiger partial charge >= 0.3 is 0 Å². The highest BCUT2D eigenvalue weighted by Gasteiger charge is 2.22. The highest BCUT2D eigenvalue weighted by molar-refractivity contribution is 5.97. The van der Waals surface area contributed by atoms with Crippen molar-refractivity contribution in [1.82, 2.24) is 10.6 Å². The second-order valence-corrected chi connectivity index (χ2v) is 7.99. The van der Waals surface area contributed by atoms with Crippen molar-refractivity contribution in [3.8, 4) is 23.0 Å². The largest absolute Gasteiger partial charge is 0.486 e. The molecule has 2 N–H and O–H groups in total. The second kappa shape index (κ2) is 9.74. The van der Waals surface area contributed by atoms with E-state index in [2.05, 4.69) is 10.6 Å². The number of amides is 2. The maximum atomic E-state index is 12.5. The molecule has 0 unspecified atom stereocenters. The molecule has 2 atom stereocenters. The molecule has 0 radical (unpaired) electrons. The lowest BCUT2D eigenvalue weighted by Gasteiger charge is -2.26. The summed E-state index contributed by atoms with van der Waals surface area (Å²) in [6.45, 7) is 1.33. The van der Waals surface area contributed by atoms with Gasteiger partial charge in [-0.2, -0.15) is 0 Å². The zero-order chi connectivity index (χ0) is 23.3. The number of rotatable bonds is 6. The van der Waals surface area contributed by atoms with Gasteiger partial charge in [0.15, 0.2) is 23.0 Å². The number of fused-ring (bicyclic) bond motifs is 2. The molecule has 0 bridgehead atoms. The molecule has 2 aliphatic heterocycles. The van der Waals surface area contributed by atoms with E-state index in [4.69, 9.17) is 18.9 Å². The molecule has 2 heterocycles. The van der Waals surface area contributed by atoms with Gasteiger partial charge in [-0.3, -0.25) is 9.59 Å². The predicted molar refractivity (Wildman–Crippen MR) is 124 cm³/mol. The molecule has 0 spiro atoms. The lowest BCUT2D eigenvalue weighted by molar-refractivity contribution is 0.0784. The lowest BCUT2D eigenvalue weighted by Crippen LogP contribution is -2.41. The second-order valence-electron chi connectivity index (χ2n) is 7.99. The van der Waals surface area contributed by atoms with Crippen molar-refractivity contribution in [3.63, 3.8) is 0 Å². The molecule has 2 aliphatic rings. The van der Waals surface area contributed by atoms with Crippen LogP contribution in [0.25, 0.3) is 0 Å². The number of carbonyl (C=O) groups is 2. The van der Waals surface area contributed by atoms with Crippen LogP contribution in [-0.2, 0) is 0 Å². The van der Waals surface area contributed by atoms with Crippen LogP contribution >= 0.6 is 0 Å². The molecule has 3 aromatic rings. The minimum absolute atomic E-state index is 0.249. The Morgan fingerprint density at radius 1 is 0.618 bits per heavy atom. The van der Waals surface area contributed by atoms with Crippen LogP contribution in [0, 0.1) is 0 Å². The van der Waals surface area contributed by atoms with Crippen LogP contribution in [0.15, 0.2) is 72.8 Å². The monoisotopic (exact) mass is 460 g/mol. The molecule has 0 saturated heterocycles. The van der Waals surface area contributed by atoms with Crippen molar-refractivity contribution in [1.29, 1.82) is 0 Å². The summed E-state index contributed by atoms with van der Waals surface area (Å²) in [6, 6.07) is 21.3. The standard InChI is InChI=1S/C26H24N2O6/c29-25(27-13-19-15-31-21-5-1-3-7-23(21)33-19)17-9-11-18(12-10-17)26(30)28-14-20-16-32-22-6-2-4-8-24(22)34-20/h1-12,19-20H,13-16H2,(H,27,29)(H,28,30)/t19-,20+. The Morgan fingerprint density at radius 3 is 1.41 bits per heavy atom. The van der Waals surface area contributed by atoms with E-state index in [1.54, 1.807) is 24.3 Å². The van der Waals surface area contributed by atoms with E-state index in [0.29, 0.717) is 60.4 Å². The summed E-state index contributed by atoms with van der Waals surface area (Å²) in [4.78, 5) is 25.0. The topological polar surface area (TPSA) is 95.1 Å². The third-order valence-corrected chi connectivity index (χ3v) is 5.52. The van der Waals surface area contributed by atoms with Crippen molar-refractivity contribution >= 4 is 11.8 Å². The first-order chi connectivity index (χ1) is 16.7. The molecule has 0 aromatic heterocycles. The van der Waals surface area contributed by atoms with Crippen molar-refractivity contribution in [3.05, 3.63) is 83.9 Å². The van der Waals surface area contributed by atoms with Crippen LogP contribution < -0.4 is 29.6 Å². The first kappa shape index (κ1) is 21.6. The van der Waals surface area contributed by atoms with Gasteiger partial charge in [-0.05, 0) is 48.5 Å². The van der Waals surface area contributed by atoms with E-state index >= 15 is 0 Å². The highest BCUT2D eigenvalue weighted by Crippen LogP contribution is 2.31. The average molecular weight is 460 g/mol. The Kier molecular flexibility index (Phi) is 6.20. The molecular weight excluding hydrogens is 436 g/mol. The van der Waals surface area contributed by atoms with Gasteiger partial charge in [0.1, 0.15) is 25.4 Å². The molecule has 0 fully saturated rings. The minimum Gasteiger partial charge on any atom is -0.486 e. The molecule has 34 heavy (non-hydrogen) atoms.